The second kappa shape index (κ2) is 4.22. The lowest BCUT2D eigenvalue weighted by molar-refractivity contribution is -0.0208. The summed E-state index contributed by atoms with van der Waals surface area (Å²) in [5, 5.41) is 0. The minimum Gasteiger partial charge on any atom is -0.383 e. The fourth-order valence-corrected chi connectivity index (χ4v) is 2.82. The lowest BCUT2D eigenvalue weighted by atomic mass is 10.1. The molecule has 1 aliphatic heterocycles. The lowest BCUT2D eigenvalue weighted by Crippen LogP contribution is -2.26. The summed E-state index contributed by atoms with van der Waals surface area (Å²) in [5.74, 6) is 3.15. The van der Waals surface area contributed by atoms with Crippen LogP contribution in [0.2, 0.25) is 0 Å². The molecule has 0 bridgehead atoms. The number of hydrogen-bond donors (Lipinski definition) is 1. The zero-order valence-electron chi connectivity index (χ0n) is 9.91. The number of aromatic nitrogens is 2. The molecule has 2 N–H and O–H groups in total. The van der Waals surface area contributed by atoms with E-state index in [9.17, 15) is 0 Å². The number of ether oxygens (including phenoxy) is 1. The molecule has 2 rings (SSSR count). The zero-order chi connectivity index (χ0) is 11.8. The largest absolute Gasteiger partial charge is 0.383 e. The minimum atomic E-state index is -0.467. The highest BCUT2D eigenvalue weighted by molar-refractivity contribution is 7.98. The lowest BCUT2D eigenvalue weighted by Gasteiger charge is -2.23. The Kier molecular flexibility index (Phi) is 3.08. The average Bonchev–Trinajstić information content (AvgIpc) is 2.65. The van der Waals surface area contributed by atoms with Crippen LogP contribution in [-0.2, 0) is 21.8 Å². The Labute approximate surface area is 100.0 Å². The molecule has 88 valence electrons. The van der Waals surface area contributed by atoms with Gasteiger partial charge in [-0.05, 0) is 20.8 Å². The molecule has 0 spiro atoms. The smallest absolute Gasteiger partial charge is 0.162 e. The van der Waals surface area contributed by atoms with E-state index in [1.165, 1.54) is 0 Å². The highest BCUT2D eigenvalue weighted by Crippen LogP contribution is 2.33. The molecule has 0 aliphatic carbocycles. The van der Waals surface area contributed by atoms with Crippen molar-refractivity contribution in [3.63, 3.8) is 0 Å². The maximum absolute atomic E-state index is 5.95. The number of nitrogen functional groups attached to an aromatic ring is 1. The number of nitrogens with two attached hydrogens (primary N) is 1. The molecule has 0 saturated heterocycles. The van der Waals surface area contributed by atoms with E-state index in [1.807, 2.05) is 32.5 Å². The normalized spacial score (nSPS) is 15.2. The summed E-state index contributed by atoms with van der Waals surface area (Å²) < 4.78 is 5.64. The fourth-order valence-electron chi connectivity index (χ4n) is 1.77. The van der Waals surface area contributed by atoms with E-state index >= 15 is 0 Å². The van der Waals surface area contributed by atoms with Gasteiger partial charge in [0, 0.05) is 23.7 Å². The molecule has 0 aromatic carbocycles. The molecule has 0 unspecified atom stereocenters. The molecule has 16 heavy (non-hydrogen) atoms. The van der Waals surface area contributed by atoms with Crippen molar-refractivity contribution < 1.29 is 4.74 Å². The van der Waals surface area contributed by atoms with Crippen LogP contribution >= 0.6 is 11.8 Å². The van der Waals surface area contributed by atoms with Crippen molar-refractivity contribution in [1.82, 2.24) is 9.97 Å². The van der Waals surface area contributed by atoms with Gasteiger partial charge in [-0.3, -0.25) is 0 Å². The molecule has 0 radical (unpaired) electrons. The summed E-state index contributed by atoms with van der Waals surface area (Å²) in [6.45, 7) is 6.55. The van der Waals surface area contributed by atoms with E-state index in [1.54, 1.807) is 0 Å². The van der Waals surface area contributed by atoms with E-state index < -0.39 is 5.60 Å². The molecule has 0 atom stereocenters. The first-order valence-electron chi connectivity index (χ1n) is 5.42. The van der Waals surface area contributed by atoms with Gasteiger partial charge in [0.05, 0.1) is 5.69 Å². The second-order valence-corrected chi connectivity index (χ2v) is 5.28. The number of nitrogens with zero attached hydrogens (tertiary/aromatic N) is 2. The van der Waals surface area contributed by atoms with E-state index in [0.717, 1.165) is 22.8 Å². The Morgan fingerprint density at radius 1 is 1.38 bits per heavy atom. The van der Waals surface area contributed by atoms with E-state index in [2.05, 4.69) is 9.97 Å². The van der Waals surface area contributed by atoms with Crippen LogP contribution in [0.3, 0.4) is 0 Å². The molecular formula is C11H17N3OS. The summed E-state index contributed by atoms with van der Waals surface area (Å²) in [6.07, 6.45) is 0. The average molecular weight is 239 g/mol. The van der Waals surface area contributed by atoms with Gasteiger partial charge in [0.15, 0.2) is 5.82 Å². The van der Waals surface area contributed by atoms with Gasteiger partial charge in [-0.15, -0.1) is 0 Å². The second-order valence-electron chi connectivity index (χ2n) is 4.29. The molecule has 0 fully saturated rings. The summed E-state index contributed by atoms with van der Waals surface area (Å²) in [7, 11) is 0. The summed E-state index contributed by atoms with van der Waals surface area (Å²) >= 11 is 1.83. The predicted molar refractivity (Wildman–Crippen MR) is 66.1 cm³/mol. The van der Waals surface area contributed by atoms with Gasteiger partial charge >= 0.3 is 0 Å². The van der Waals surface area contributed by atoms with Crippen molar-refractivity contribution in [2.45, 2.75) is 37.9 Å². The quantitative estimate of drug-likeness (QED) is 0.875. The van der Waals surface area contributed by atoms with Crippen molar-refractivity contribution in [2.24, 2.45) is 0 Å². The third-order valence-electron chi connectivity index (χ3n) is 2.65. The van der Waals surface area contributed by atoms with Gasteiger partial charge in [-0.2, -0.15) is 11.8 Å². The van der Waals surface area contributed by atoms with Gasteiger partial charge in [0.1, 0.15) is 11.4 Å². The van der Waals surface area contributed by atoms with Crippen LogP contribution in [-0.4, -0.2) is 16.6 Å². The highest BCUT2D eigenvalue weighted by atomic mass is 32.2. The zero-order valence-corrected chi connectivity index (χ0v) is 10.7. The molecule has 0 saturated carbocycles. The number of hydrogen-bond acceptors (Lipinski definition) is 5. The molecule has 2 heterocycles. The van der Waals surface area contributed by atoms with Crippen LogP contribution in [0.25, 0.3) is 0 Å². The van der Waals surface area contributed by atoms with Gasteiger partial charge in [-0.25, -0.2) is 9.97 Å². The van der Waals surface area contributed by atoms with Crippen LogP contribution < -0.4 is 5.73 Å². The van der Waals surface area contributed by atoms with Gasteiger partial charge in [0.25, 0.3) is 0 Å². The first-order valence-corrected chi connectivity index (χ1v) is 6.57. The first kappa shape index (κ1) is 11.7. The first-order chi connectivity index (χ1) is 7.54. The van der Waals surface area contributed by atoms with Gasteiger partial charge in [-0.1, -0.05) is 0 Å². The molecule has 1 aromatic rings. The maximum Gasteiger partial charge on any atom is 0.162 e. The van der Waals surface area contributed by atoms with Crippen LogP contribution in [0.5, 0.6) is 0 Å². The van der Waals surface area contributed by atoms with E-state index in [4.69, 9.17) is 10.5 Å². The van der Waals surface area contributed by atoms with Crippen molar-refractivity contribution in [3.05, 3.63) is 17.1 Å². The number of fused-ring (bicyclic) bond motifs is 1. The third kappa shape index (κ3) is 2.01. The molecular weight excluding hydrogens is 222 g/mol. The molecule has 0 amide bonds. The van der Waals surface area contributed by atoms with E-state index in [-0.39, 0.29) is 0 Å². The Balaban J connectivity index is 2.40. The Bertz CT molecular complexity index is 406. The van der Waals surface area contributed by atoms with Crippen molar-refractivity contribution in [2.75, 3.05) is 12.3 Å². The Hall–Kier alpha value is -0.810. The topological polar surface area (TPSA) is 61.0 Å². The number of rotatable bonds is 3. The van der Waals surface area contributed by atoms with Crippen molar-refractivity contribution >= 4 is 17.6 Å². The monoisotopic (exact) mass is 239 g/mol. The molecule has 5 heteroatoms. The summed E-state index contributed by atoms with van der Waals surface area (Å²) in [4.78, 5) is 8.93. The SMILES string of the molecule is CCOC(C)(C)c1nc(N)c2c(n1)CSC2. The van der Waals surface area contributed by atoms with Crippen LogP contribution in [0.4, 0.5) is 5.82 Å². The third-order valence-corrected chi connectivity index (χ3v) is 3.62. The maximum atomic E-state index is 5.95. The standard InChI is InChI=1S/C11H17N3OS/c1-4-15-11(2,3)10-13-8-6-16-5-7(8)9(12)14-10/h4-6H2,1-3H3,(H2,12,13,14). The molecule has 1 aromatic heterocycles. The van der Waals surface area contributed by atoms with Crippen LogP contribution in [0.15, 0.2) is 0 Å². The van der Waals surface area contributed by atoms with Crippen molar-refractivity contribution in [1.29, 1.82) is 0 Å². The molecule has 1 aliphatic rings. The van der Waals surface area contributed by atoms with Gasteiger partial charge < -0.3 is 10.5 Å². The Morgan fingerprint density at radius 3 is 2.81 bits per heavy atom. The van der Waals surface area contributed by atoms with Crippen LogP contribution in [0, 0.1) is 0 Å². The minimum absolute atomic E-state index is 0.467. The predicted octanol–water partition coefficient (Wildman–Crippen LogP) is 2.08. The summed E-state index contributed by atoms with van der Waals surface area (Å²) in [5.41, 5.74) is 7.65. The van der Waals surface area contributed by atoms with E-state index in [0.29, 0.717) is 18.2 Å². The summed E-state index contributed by atoms with van der Waals surface area (Å²) in [6, 6.07) is 0. The fraction of sp³-hybridized carbons (Fsp3) is 0.636. The van der Waals surface area contributed by atoms with Gasteiger partial charge in [0.2, 0.25) is 0 Å². The number of thioether (sulfide) groups is 1. The van der Waals surface area contributed by atoms with Crippen molar-refractivity contribution in [3.8, 4) is 0 Å². The van der Waals surface area contributed by atoms with Crippen LogP contribution in [0.1, 0.15) is 37.9 Å². The number of anilines is 1. The molecule has 4 nitrogen and oxygen atoms in total. The highest BCUT2D eigenvalue weighted by Gasteiger charge is 2.28. The Morgan fingerprint density at radius 2 is 2.12 bits per heavy atom.